The molecule has 7 heteroatoms. The fraction of sp³-hybridized carbons (Fsp3) is 0.400. The maximum absolute atomic E-state index is 15.0. The first-order valence-electron chi connectivity index (χ1n) is 10.9. The van der Waals surface area contributed by atoms with E-state index in [1.807, 2.05) is 19.9 Å². The van der Waals surface area contributed by atoms with Crippen LogP contribution in [0.15, 0.2) is 36.4 Å². The van der Waals surface area contributed by atoms with Crippen LogP contribution in [0.1, 0.15) is 67.1 Å². The highest BCUT2D eigenvalue weighted by molar-refractivity contribution is 6.34. The van der Waals surface area contributed by atoms with Crippen LogP contribution < -0.4 is 0 Å². The number of ether oxygens (including phenoxy) is 1. The largest absolute Gasteiger partial charge is 0.466 e. The van der Waals surface area contributed by atoms with Gasteiger partial charge in [-0.2, -0.15) is 9.78 Å². The van der Waals surface area contributed by atoms with Gasteiger partial charge in [-0.15, -0.1) is 0 Å². The van der Waals surface area contributed by atoms with Gasteiger partial charge in [-0.1, -0.05) is 29.8 Å². The predicted molar refractivity (Wildman–Crippen MR) is 122 cm³/mol. The molecule has 32 heavy (non-hydrogen) atoms. The average molecular weight is 457 g/mol. The molecule has 5 nitrogen and oxygen atoms in total. The van der Waals surface area contributed by atoms with E-state index < -0.39 is 11.2 Å². The van der Waals surface area contributed by atoms with E-state index in [-0.39, 0.29) is 17.8 Å². The summed E-state index contributed by atoms with van der Waals surface area (Å²) in [6.07, 6.45) is 2.57. The Labute approximate surface area is 191 Å². The molecule has 0 bridgehead atoms. The van der Waals surface area contributed by atoms with Crippen LogP contribution in [0, 0.1) is 18.2 Å². The summed E-state index contributed by atoms with van der Waals surface area (Å²) in [5.74, 6) is -1.05. The van der Waals surface area contributed by atoms with Crippen molar-refractivity contribution in [2.75, 3.05) is 6.61 Å². The molecule has 0 atom stereocenters. The Morgan fingerprint density at radius 2 is 1.91 bits per heavy atom. The zero-order valence-corrected chi connectivity index (χ0v) is 19.2. The predicted octanol–water partition coefficient (Wildman–Crippen LogP) is 6.05. The van der Waals surface area contributed by atoms with Crippen molar-refractivity contribution in [2.45, 2.75) is 52.4 Å². The normalized spacial score (nSPS) is 21.0. The van der Waals surface area contributed by atoms with Gasteiger partial charge in [0.1, 0.15) is 5.82 Å². The van der Waals surface area contributed by atoms with E-state index in [1.165, 1.54) is 10.7 Å². The van der Waals surface area contributed by atoms with Crippen molar-refractivity contribution in [3.8, 4) is 0 Å². The molecule has 1 aliphatic rings. The molecule has 0 radical (unpaired) electrons. The Hall–Kier alpha value is -2.73. The number of fused-ring (bicyclic) bond motifs is 1. The highest BCUT2D eigenvalue weighted by Crippen LogP contribution is 2.45. The van der Waals surface area contributed by atoms with Crippen molar-refractivity contribution in [1.82, 2.24) is 9.78 Å². The zero-order valence-electron chi connectivity index (χ0n) is 18.5. The first-order chi connectivity index (χ1) is 15.3. The van der Waals surface area contributed by atoms with E-state index in [9.17, 15) is 14.0 Å². The number of nitrogens with zero attached hydrogens (tertiary/aromatic N) is 2. The van der Waals surface area contributed by atoms with Gasteiger partial charge in [-0.05, 0) is 70.2 Å². The van der Waals surface area contributed by atoms with Crippen LogP contribution in [0.5, 0.6) is 0 Å². The molecule has 0 amide bonds. The van der Waals surface area contributed by atoms with E-state index in [0.29, 0.717) is 59.5 Å². The maximum Gasteiger partial charge on any atom is 0.311 e. The number of halogens is 2. The first-order valence-corrected chi connectivity index (χ1v) is 11.3. The number of aryl methyl sites for hydroxylation is 1. The SMILES string of the molecule is CCOC(=O)C1(C)CCC(c2nn(C(=O)c3c(C)cccc3Cl)c3cccc(F)c23)CC1. The second-order valence-electron chi connectivity index (χ2n) is 8.72. The van der Waals surface area contributed by atoms with E-state index in [0.717, 1.165) is 5.56 Å². The summed E-state index contributed by atoms with van der Waals surface area (Å²) in [6, 6.07) is 9.91. The van der Waals surface area contributed by atoms with Crippen LogP contribution in [-0.2, 0) is 9.53 Å². The number of hydrogen-bond donors (Lipinski definition) is 0. The van der Waals surface area contributed by atoms with Crippen LogP contribution >= 0.6 is 11.6 Å². The van der Waals surface area contributed by atoms with Crippen molar-refractivity contribution in [3.63, 3.8) is 0 Å². The van der Waals surface area contributed by atoms with Gasteiger partial charge in [0, 0.05) is 5.92 Å². The van der Waals surface area contributed by atoms with Crippen LogP contribution in [0.25, 0.3) is 10.9 Å². The van der Waals surface area contributed by atoms with E-state index in [2.05, 4.69) is 5.10 Å². The number of rotatable bonds is 4. The molecule has 0 unspecified atom stereocenters. The third kappa shape index (κ3) is 3.81. The highest BCUT2D eigenvalue weighted by Gasteiger charge is 2.40. The summed E-state index contributed by atoms with van der Waals surface area (Å²) in [5.41, 5.74) is 1.51. The Morgan fingerprint density at radius 1 is 1.22 bits per heavy atom. The minimum atomic E-state index is -0.548. The fourth-order valence-corrected chi connectivity index (χ4v) is 4.94. The molecule has 0 spiro atoms. The second-order valence-corrected chi connectivity index (χ2v) is 9.13. The van der Waals surface area contributed by atoms with Crippen LogP contribution in [0.3, 0.4) is 0 Å². The topological polar surface area (TPSA) is 61.2 Å². The number of esters is 1. The number of hydrogen-bond acceptors (Lipinski definition) is 4. The van der Waals surface area contributed by atoms with E-state index >= 15 is 0 Å². The molecular formula is C25H26ClFN2O3. The van der Waals surface area contributed by atoms with Gasteiger partial charge in [0.25, 0.3) is 5.91 Å². The van der Waals surface area contributed by atoms with Crippen molar-refractivity contribution < 1.29 is 18.7 Å². The minimum Gasteiger partial charge on any atom is -0.466 e. The molecule has 0 saturated heterocycles. The summed E-state index contributed by atoms with van der Waals surface area (Å²) >= 11 is 6.32. The van der Waals surface area contributed by atoms with Crippen LogP contribution in [0.4, 0.5) is 4.39 Å². The second kappa shape index (κ2) is 8.66. The monoisotopic (exact) mass is 456 g/mol. The van der Waals surface area contributed by atoms with E-state index in [1.54, 1.807) is 31.2 Å². The van der Waals surface area contributed by atoms with Gasteiger partial charge in [-0.3, -0.25) is 9.59 Å². The molecule has 3 aromatic rings. The summed E-state index contributed by atoms with van der Waals surface area (Å²) in [6.45, 7) is 5.87. The molecular weight excluding hydrogens is 431 g/mol. The minimum absolute atomic E-state index is 0.0571. The van der Waals surface area contributed by atoms with Crippen molar-refractivity contribution in [1.29, 1.82) is 0 Å². The fourth-order valence-electron chi connectivity index (χ4n) is 4.64. The first kappa shape index (κ1) is 22.5. The standard InChI is InChI=1S/C25H26ClFN2O3/c1-4-32-24(31)25(3)13-11-16(12-14-25)22-21-18(27)9-6-10-19(21)29(28-22)23(30)20-15(2)7-5-8-17(20)26/h5-10,16H,4,11-14H2,1-3H3. The van der Waals surface area contributed by atoms with Gasteiger partial charge in [0.2, 0.25) is 0 Å². The summed E-state index contributed by atoms with van der Waals surface area (Å²) < 4.78 is 21.5. The van der Waals surface area contributed by atoms with Gasteiger partial charge in [-0.25, -0.2) is 4.39 Å². The Bertz CT molecular complexity index is 1180. The summed E-state index contributed by atoms with van der Waals surface area (Å²) in [7, 11) is 0. The smallest absolute Gasteiger partial charge is 0.311 e. The van der Waals surface area contributed by atoms with Crippen molar-refractivity contribution in [3.05, 3.63) is 64.1 Å². The van der Waals surface area contributed by atoms with Gasteiger partial charge < -0.3 is 4.74 Å². The molecule has 0 aliphatic heterocycles. The molecule has 0 N–H and O–H groups in total. The summed E-state index contributed by atoms with van der Waals surface area (Å²) in [4.78, 5) is 25.8. The Morgan fingerprint density at radius 3 is 2.56 bits per heavy atom. The molecule has 1 heterocycles. The van der Waals surface area contributed by atoms with Gasteiger partial charge in [0.05, 0.1) is 39.2 Å². The molecule has 1 aliphatic carbocycles. The third-order valence-corrected chi connectivity index (χ3v) is 6.87. The molecule has 1 aromatic heterocycles. The molecule has 1 fully saturated rings. The van der Waals surface area contributed by atoms with Crippen molar-refractivity contribution >= 4 is 34.4 Å². The number of benzene rings is 2. The molecule has 168 valence electrons. The lowest BCUT2D eigenvalue weighted by Crippen LogP contribution is -2.34. The van der Waals surface area contributed by atoms with Crippen LogP contribution in [0.2, 0.25) is 5.02 Å². The van der Waals surface area contributed by atoms with Gasteiger partial charge in [0.15, 0.2) is 0 Å². The lowest BCUT2D eigenvalue weighted by atomic mass is 9.70. The number of aromatic nitrogens is 2. The molecule has 1 saturated carbocycles. The van der Waals surface area contributed by atoms with Crippen LogP contribution in [-0.4, -0.2) is 28.3 Å². The average Bonchev–Trinajstić information content (AvgIpc) is 3.15. The Balaban J connectivity index is 1.73. The molecule has 2 aromatic carbocycles. The van der Waals surface area contributed by atoms with E-state index in [4.69, 9.17) is 16.3 Å². The zero-order chi connectivity index (χ0) is 23.0. The number of carbonyl (C=O) groups is 2. The molecule has 4 rings (SSSR count). The summed E-state index contributed by atoms with van der Waals surface area (Å²) in [5, 5.41) is 5.30. The quantitative estimate of drug-likeness (QED) is 0.448. The maximum atomic E-state index is 15.0. The Kier molecular flexibility index (Phi) is 6.08. The third-order valence-electron chi connectivity index (χ3n) is 6.56. The van der Waals surface area contributed by atoms with Crippen molar-refractivity contribution in [2.24, 2.45) is 5.41 Å². The lowest BCUT2D eigenvalue weighted by Gasteiger charge is -2.34. The van der Waals surface area contributed by atoms with Gasteiger partial charge >= 0.3 is 5.97 Å². The highest BCUT2D eigenvalue weighted by atomic mass is 35.5. The lowest BCUT2D eigenvalue weighted by molar-refractivity contribution is -0.156. The number of carbonyl (C=O) groups excluding carboxylic acids is 2.